The van der Waals surface area contributed by atoms with Crippen molar-refractivity contribution in [3.63, 3.8) is 0 Å². The van der Waals surface area contributed by atoms with E-state index < -0.39 is 0 Å². The van der Waals surface area contributed by atoms with Crippen molar-refractivity contribution in [2.45, 2.75) is 19.5 Å². The zero-order chi connectivity index (χ0) is 15.2. The van der Waals surface area contributed by atoms with Gasteiger partial charge in [0, 0.05) is 22.6 Å². The Kier molecular flexibility index (Phi) is 5.38. The molecule has 3 nitrogen and oxygen atoms in total. The van der Waals surface area contributed by atoms with Crippen molar-refractivity contribution < 1.29 is 4.74 Å². The van der Waals surface area contributed by atoms with Crippen molar-refractivity contribution in [1.29, 1.82) is 5.26 Å². The van der Waals surface area contributed by atoms with E-state index in [0.717, 1.165) is 15.8 Å². The zero-order valence-corrected chi connectivity index (χ0v) is 13.6. The normalized spacial score (nSPS) is 11.7. The molecule has 2 rings (SSSR count). The van der Waals surface area contributed by atoms with Gasteiger partial charge in [0.25, 0.3) is 0 Å². The Morgan fingerprint density at radius 2 is 1.95 bits per heavy atom. The number of hydrogen-bond donors (Lipinski definition) is 1. The van der Waals surface area contributed by atoms with Crippen LogP contribution >= 0.6 is 15.9 Å². The monoisotopic (exact) mass is 344 g/mol. The minimum absolute atomic E-state index is 0.216. The van der Waals surface area contributed by atoms with Crippen molar-refractivity contribution in [2.75, 3.05) is 7.11 Å². The van der Waals surface area contributed by atoms with Crippen LogP contribution in [0.1, 0.15) is 29.7 Å². The number of halogens is 1. The second-order valence-corrected chi connectivity index (χ2v) is 5.71. The molecule has 2 aromatic carbocycles. The van der Waals surface area contributed by atoms with Crippen LogP contribution in [0.3, 0.4) is 0 Å². The maximum atomic E-state index is 8.99. The summed E-state index contributed by atoms with van der Waals surface area (Å²) < 4.78 is 6.41. The molecular weight excluding hydrogens is 328 g/mol. The SMILES string of the molecule is COc1ccc(C#N)cc1CNC(C)c1ccc(Br)cc1. The van der Waals surface area contributed by atoms with E-state index >= 15 is 0 Å². The van der Waals surface area contributed by atoms with Crippen LogP contribution in [-0.4, -0.2) is 7.11 Å². The molecular formula is C17H17BrN2O. The van der Waals surface area contributed by atoms with Crippen LogP contribution in [0.4, 0.5) is 0 Å². The zero-order valence-electron chi connectivity index (χ0n) is 12.1. The third kappa shape index (κ3) is 4.07. The van der Waals surface area contributed by atoms with E-state index in [1.165, 1.54) is 5.56 Å². The summed E-state index contributed by atoms with van der Waals surface area (Å²) in [7, 11) is 1.64. The second-order valence-electron chi connectivity index (χ2n) is 4.79. The Balaban J connectivity index is 2.08. The van der Waals surface area contributed by atoms with Gasteiger partial charge in [-0.25, -0.2) is 0 Å². The summed E-state index contributed by atoms with van der Waals surface area (Å²) in [4.78, 5) is 0. The average Bonchev–Trinajstić information content (AvgIpc) is 2.52. The van der Waals surface area contributed by atoms with Gasteiger partial charge in [0.05, 0.1) is 18.7 Å². The third-order valence-electron chi connectivity index (χ3n) is 3.38. The fraction of sp³-hybridized carbons (Fsp3) is 0.235. The molecule has 1 atom stereocenters. The molecule has 2 aromatic rings. The molecule has 0 saturated carbocycles. The number of rotatable bonds is 5. The summed E-state index contributed by atoms with van der Waals surface area (Å²) in [6, 6.07) is 16.1. The molecule has 0 saturated heterocycles. The number of nitrogens with one attached hydrogen (secondary N) is 1. The van der Waals surface area contributed by atoms with E-state index in [0.29, 0.717) is 12.1 Å². The highest BCUT2D eigenvalue weighted by Crippen LogP contribution is 2.21. The van der Waals surface area contributed by atoms with Gasteiger partial charge in [0.2, 0.25) is 0 Å². The van der Waals surface area contributed by atoms with Crippen LogP contribution < -0.4 is 10.1 Å². The molecule has 0 aliphatic rings. The van der Waals surface area contributed by atoms with Crippen LogP contribution in [0.25, 0.3) is 0 Å². The van der Waals surface area contributed by atoms with Gasteiger partial charge in [0.1, 0.15) is 5.75 Å². The number of benzene rings is 2. The summed E-state index contributed by atoms with van der Waals surface area (Å²) in [5.41, 5.74) is 2.85. The standard InChI is InChI=1S/C17H17BrN2O/c1-12(14-4-6-16(18)7-5-14)20-11-15-9-13(10-19)3-8-17(15)21-2/h3-9,12,20H,11H2,1-2H3. The van der Waals surface area contributed by atoms with Crippen LogP contribution in [0.5, 0.6) is 5.75 Å². The Labute approximate surface area is 133 Å². The van der Waals surface area contributed by atoms with Crippen molar-refractivity contribution >= 4 is 15.9 Å². The van der Waals surface area contributed by atoms with Crippen LogP contribution in [0, 0.1) is 11.3 Å². The third-order valence-corrected chi connectivity index (χ3v) is 3.91. The topological polar surface area (TPSA) is 45.0 Å². The number of methoxy groups -OCH3 is 1. The second kappa shape index (κ2) is 7.26. The highest BCUT2D eigenvalue weighted by Gasteiger charge is 2.08. The lowest BCUT2D eigenvalue weighted by atomic mass is 10.1. The predicted molar refractivity (Wildman–Crippen MR) is 87.1 cm³/mol. The summed E-state index contributed by atoms with van der Waals surface area (Å²) in [5.74, 6) is 0.796. The molecule has 0 amide bonds. The molecule has 4 heteroatoms. The van der Waals surface area contributed by atoms with Crippen molar-refractivity contribution in [3.05, 3.63) is 63.6 Å². The van der Waals surface area contributed by atoms with Gasteiger partial charge in [-0.2, -0.15) is 5.26 Å². The van der Waals surface area contributed by atoms with Crippen molar-refractivity contribution in [3.8, 4) is 11.8 Å². The lowest BCUT2D eigenvalue weighted by Gasteiger charge is -2.16. The Morgan fingerprint density at radius 3 is 2.57 bits per heavy atom. The Morgan fingerprint density at radius 1 is 1.24 bits per heavy atom. The maximum Gasteiger partial charge on any atom is 0.123 e. The fourth-order valence-electron chi connectivity index (χ4n) is 2.12. The summed E-state index contributed by atoms with van der Waals surface area (Å²) in [5, 5.41) is 12.4. The molecule has 0 bridgehead atoms. The highest BCUT2D eigenvalue weighted by molar-refractivity contribution is 9.10. The van der Waals surface area contributed by atoms with Gasteiger partial charge >= 0.3 is 0 Å². The first-order chi connectivity index (χ1) is 10.1. The molecule has 0 heterocycles. The van der Waals surface area contributed by atoms with Gasteiger partial charge < -0.3 is 10.1 Å². The lowest BCUT2D eigenvalue weighted by molar-refractivity contribution is 0.406. The number of nitrogens with zero attached hydrogens (tertiary/aromatic N) is 1. The molecule has 0 fully saturated rings. The fourth-order valence-corrected chi connectivity index (χ4v) is 2.38. The Bertz CT molecular complexity index is 647. The molecule has 1 N–H and O–H groups in total. The van der Waals surface area contributed by atoms with Gasteiger partial charge in [-0.1, -0.05) is 28.1 Å². The largest absolute Gasteiger partial charge is 0.496 e. The minimum Gasteiger partial charge on any atom is -0.496 e. The molecule has 108 valence electrons. The quantitative estimate of drug-likeness (QED) is 0.884. The van der Waals surface area contributed by atoms with E-state index in [1.54, 1.807) is 13.2 Å². The molecule has 0 radical (unpaired) electrons. The van der Waals surface area contributed by atoms with Crippen LogP contribution in [0.15, 0.2) is 46.9 Å². The molecule has 0 spiro atoms. The molecule has 0 aliphatic carbocycles. The lowest BCUT2D eigenvalue weighted by Crippen LogP contribution is -2.18. The number of hydrogen-bond acceptors (Lipinski definition) is 3. The van der Waals surface area contributed by atoms with Crippen LogP contribution in [-0.2, 0) is 6.54 Å². The van der Waals surface area contributed by atoms with E-state index in [9.17, 15) is 0 Å². The van der Waals surface area contributed by atoms with Crippen molar-refractivity contribution in [2.24, 2.45) is 0 Å². The summed E-state index contributed by atoms with van der Waals surface area (Å²) in [6.07, 6.45) is 0. The van der Waals surface area contributed by atoms with E-state index in [1.807, 2.05) is 24.3 Å². The Hall–Kier alpha value is -1.83. The molecule has 1 unspecified atom stereocenters. The molecule has 0 aromatic heterocycles. The van der Waals surface area contributed by atoms with E-state index in [2.05, 4.69) is 46.4 Å². The summed E-state index contributed by atoms with van der Waals surface area (Å²) in [6.45, 7) is 2.76. The predicted octanol–water partition coefficient (Wildman–Crippen LogP) is 4.18. The summed E-state index contributed by atoms with van der Waals surface area (Å²) >= 11 is 3.44. The van der Waals surface area contributed by atoms with E-state index in [4.69, 9.17) is 10.00 Å². The van der Waals surface area contributed by atoms with E-state index in [-0.39, 0.29) is 6.04 Å². The van der Waals surface area contributed by atoms with Gasteiger partial charge in [-0.15, -0.1) is 0 Å². The highest BCUT2D eigenvalue weighted by atomic mass is 79.9. The first-order valence-corrected chi connectivity index (χ1v) is 7.49. The van der Waals surface area contributed by atoms with Gasteiger partial charge in [-0.05, 0) is 42.8 Å². The molecule has 21 heavy (non-hydrogen) atoms. The smallest absolute Gasteiger partial charge is 0.123 e. The molecule has 0 aliphatic heterocycles. The van der Waals surface area contributed by atoms with Gasteiger partial charge in [0.15, 0.2) is 0 Å². The number of ether oxygens (including phenoxy) is 1. The minimum atomic E-state index is 0.216. The first-order valence-electron chi connectivity index (χ1n) is 6.70. The maximum absolute atomic E-state index is 8.99. The average molecular weight is 345 g/mol. The van der Waals surface area contributed by atoms with Crippen LogP contribution in [0.2, 0.25) is 0 Å². The number of nitriles is 1. The van der Waals surface area contributed by atoms with Crippen molar-refractivity contribution in [1.82, 2.24) is 5.32 Å². The first kappa shape index (κ1) is 15.6. The van der Waals surface area contributed by atoms with Gasteiger partial charge in [-0.3, -0.25) is 0 Å².